The first kappa shape index (κ1) is 17.2. The number of benzene rings is 1. The Bertz CT molecular complexity index is 393. The maximum Gasteiger partial charge on any atom is -0.00722 e. The summed E-state index contributed by atoms with van der Waals surface area (Å²) in [6, 6.07) is 4.84. The molecule has 2 N–H and O–H groups in total. The van der Waals surface area contributed by atoms with Gasteiger partial charge in [-0.15, -0.1) is 0 Å². The average Bonchev–Trinajstić information content (AvgIpc) is 2.44. The first-order valence-electron chi connectivity index (χ1n) is 8.31. The molecule has 1 aromatic carbocycles. The van der Waals surface area contributed by atoms with Gasteiger partial charge in [0.15, 0.2) is 0 Å². The molecule has 1 aromatic rings. The van der Waals surface area contributed by atoms with Crippen LogP contribution in [0.4, 0.5) is 0 Å². The number of hydrogen-bond donors (Lipinski definition) is 1. The first-order chi connectivity index (χ1) is 9.47. The molecule has 0 heterocycles. The normalized spacial score (nSPS) is 11.9. The molecule has 1 heteroatoms. The highest BCUT2D eigenvalue weighted by Crippen LogP contribution is 2.29. The molecule has 0 saturated heterocycles. The highest BCUT2D eigenvalue weighted by molar-refractivity contribution is 5.40. The molecule has 0 bridgehead atoms. The van der Waals surface area contributed by atoms with E-state index in [1.165, 1.54) is 18.4 Å². The third-order valence-electron chi connectivity index (χ3n) is 4.54. The Morgan fingerprint density at radius 1 is 0.900 bits per heavy atom. The zero-order chi connectivity index (χ0) is 15.2. The molecule has 0 saturated carbocycles. The van der Waals surface area contributed by atoms with Crippen LogP contribution in [-0.4, -0.2) is 6.54 Å². The summed E-state index contributed by atoms with van der Waals surface area (Å²) in [5.41, 5.74) is 12.3. The topological polar surface area (TPSA) is 26.0 Å². The van der Waals surface area contributed by atoms with Crippen molar-refractivity contribution in [2.24, 2.45) is 11.1 Å². The molecule has 1 nitrogen and oxygen atoms in total. The second kappa shape index (κ2) is 7.83. The molecule has 20 heavy (non-hydrogen) atoms. The van der Waals surface area contributed by atoms with Crippen molar-refractivity contribution in [3.63, 3.8) is 0 Å². The lowest BCUT2D eigenvalue weighted by atomic mass is 9.81. The van der Waals surface area contributed by atoms with Crippen LogP contribution in [0.3, 0.4) is 0 Å². The van der Waals surface area contributed by atoms with Crippen LogP contribution in [0.1, 0.15) is 69.7 Å². The number of nitrogens with two attached hydrogens (primary N) is 1. The van der Waals surface area contributed by atoms with Gasteiger partial charge in [0.2, 0.25) is 0 Å². The highest BCUT2D eigenvalue weighted by Gasteiger charge is 2.18. The minimum atomic E-state index is 0.355. The Labute approximate surface area is 126 Å². The zero-order valence-electron chi connectivity index (χ0n) is 14.2. The van der Waals surface area contributed by atoms with E-state index < -0.39 is 0 Å². The van der Waals surface area contributed by atoms with Gasteiger partial charge in [-0.25, -0.2) is 0 Å². The van der Waals surface area contributed by atoms with Gasteiger partial charge < -0.3 is 5.73 Å². The maximum absolute atomic E-state index is 5.73. The molecule has 0 spiro atoms. The van der Waals surface area contributed by atoms with Crippen molar-refractivity contribution in [1.29, 1.82) is 0 Å². The smallest absolute Gasteiger partial charge is 0.00722 e. The summed E-state index contributed by atoms with van der Waals surface area (Å²) in [7, 11) is 0. The first-order valence-corrected chi connectivity index (χ1v) is 8.31. The molecule has 114 valence electrons. The van der Waals surface area contributed by atoms with Gasteiger partial charge in [-0.3, -0.25) is 0 Å². The molecule has 0 fully saturated rings. The molecular formula is C19H33N. The van der Waals surface area contributed by atoms with Gasteiger partial charge in [-0.05, 0) is 72.7 Å². The summed E-state index contributed by atoms with van der Waals surface area (Å²) < 4.78 is 0. The molecule has 0 atom stereocenters. The summed E-state index contributed by atoms with van der Waals surface area (Å²) in [4.78, 5) is 0. The molecule has 0 aliphatic carbocycles. The molecule has 0 aromatic heterocycles. The minimum absolute atomic E-state index is 0.355. The van der Waals surface area contributed by atoms with Crippen LogP contribution in [0.15, 0.2) is 12.1 Å². The Hall–Kier alpha value is -0.820. The van der Waals surface area contributed by atoms with Crippen LogP contribution >= 0.6 is 0 Å². The lowest BCUT2D eigenvalue weighted by Crippen LogP contribution is -2.18. The highest BCUT2D eigenvalue weighted by atomic mass is 14.5. The predicted molar refractivity (Wildman–Crippen MR) is 90.3 cm³/mol. The maximum atomic E-state index is 5.73. The van der Waals surface area contributed by atoms with Gasteiger partial charge in [-0.1, -0.05) is 46.8 Å². The monoisotopic (exact) mass is 275 g/mol. The Morgan fingerprint density at radius 3 is 1.85 bits per heavy atom. The molecule has 0 aliphatic heterocycles. The van der Waals surface area contributed by atoms with E-state index in [2.05, 4.69) is 46.8 Å². The lowest BCUT2D eigenvalue weighted by molar-refractivity contribution is 0.313. The van der Waals surface area contributed by atoms with E-state index in [4.69, 9.17) is 5.73 Å². The largest absolute Gasteiger partial charge is 0.330 e. The van der Waals surface area contributed by atoms with Crippen molar-refractivity contribution in [2.75, 3.05) is 6.54 Å². The van der Waals surface area contributed by atoms with Crippen LogP contribution in [0.5, 0.6) is 0 Å². The van der Waals surface area contributed by atoms with Gasteiger partial charge in [0.05, 0.1) is 0 Å². The van der Waals surface area contributed by atoms with Crippen molar-refractivity contribution < 1.29 is 0 Å². The molecular weight excluding hydrogens is 242 g/mol. The Balaban J connectivity index is 2.98. The fourth-order valence-electron chi connectivity index (χ4n) is 3.00. The lowest BCUT2D eigenvalue weighted by Gasteiger charge is -2.25. The Morgan fingerprint density at radius 2 is 1.45 bits per heavy atom. The van der Waals surface area contributed by atoms with E-state index in [0.717, 1.165) is 32.2 Å². The number of rotatable bonds is 8. The SMILES string of the molecule is CCc1cc(CC)c(CCC(C)(C)CCN)c(CC)c1. The van der Waals surface area contributed by atoms with Crippen LogP contribution in [0.2, 0.25) is 0 Å². The van der Waals surface area contributed by atoms with Crippen molar-refractivity contribution in [1.82, 2.24) is 0 Å². The van der Waals surface area contributed by atoms with Crippen LogP contribution in [0.25, 0.3) is 0 Å². The summed E-state index contributed by atoms with van der Waals surface area (Å²) >= 11 is 0. The summed E-state index contributed by atoms with van der Waals surface area (Å²) in [5, 5.41) is 0. The van der Waals surface area contributed by atoms with Crippen molar-refractivity contribution in [3.05, 3.63) is 34.4 Å². The van der Waals surface area contributed by atoms with E-state index in [9.17, 15) is 0 Å². The summed E-state index contributed by atoms with van der Waals surface area (Å²) in [6.07, 6.45) is 6.97. The van der Waals surface area contributed by atoms with Crippen LogP contribution in [0, 0.1) is 5.41 Å². The van der Waals surface area contributed by atoms with Gasteiger partial charge in [0.1, 0.15) is 0 Å². The summed E-state index contributed by atoms with van der Waals surface area (Å²) in [6.45, 7) is 12.3. The second-order valence-corrected chi connectivity index (χ2v) is 6.66. The average molecular weight is 275 g/mol. The number of aryl methyl sites for hydroxylation is 3. The summed E-state index contributed by atoms with van der Waals surface area (Å²) in [5.74, 6) is 0. The predicted octanol–water partition coefficient (Wildman–Crippen LogP) is 4.68. The van der Waals surface area contributed by atoms with E-state index in [0.29, 0.717) is 5.41 Å². The molecule has 0 unspecified atom stereocenters. The van der Waals surface area contributed by atoms with Crippen molar-refractivity contribution in [3.8, 4) is 0 Å². The van der Waals surface area contributed by atoms with Gasteiger partial charge >= 0.3 is 0 Å². The van der Waals surface area contributed by atoms with E-state index in [1.54, 1.807) is 16.7 Å². The van der Waals surface area contributed by atoms with Crippen molar-refractivity contribution >= 4 is 0 Å². The van der Waals surface area contributed by atoms with Gasteiger partial charge in [0, 0.05) is 0 Å². The number of hydrogen-bond acceptors (Lipinski definition) is 1. The zero-order valence-corrected chi connectivity index (χ0v) is 14.2. The Kier molecular flexibility index (Phi) is 6.75. The van der Waals surface area contributed by atoms with Gasteiger partial charge in [-0.2, -0.15) is 0 Å². The minimum Gasteiger partial charge on any atom is -0.330 e. The van der Waals surface area contributed by atoms with E-state index in [-0.39, 0.29) is 0 Å². The molecule has 0 amide bonds. The molecule has 0 aliphatic rings. The quantitative estimate of drug-likeness (QED) is 0.732. The fourth-order valence-corrected chi connectivity index (χ4v) is 3.00. The standard InChI is InChI=1S/C19H33N/c1-6-15-13-16(7-2)18(17(8-3)14-15)9-10-19(4,5)11-12-20/h13-14H,6-12,20H2,1-5H3. The molecule has 1 rings (SSSR count). The third kappa shape index (κ3) is 4.63. The van der Waals surface area contributed by atoms with Crippen molar-refractivity contribution in [2.45, 2.75) is 73.1 Å². The van der Waals surface area contributed by atoms with E-state index in [1.807, 2.05) is 0 Å². The third-order valence-corrected chi connectivity index (χ3v) is 4.54. The second-order valence-electron chi connectivity index (χ2n) is 6.66. The van der Waals surface area contributed by atoms with E-state index >= 15 is 0 Å². The molecule has 0 radical (unpaired) electrons. The van der Waals surface area contributed by atoms with Crippen LogP contribution in [-0.2, 0) is 25.7 Å². The van der Waals surface area contributed by atoms with Gasteiger partial charge in [0.25, 0.3) is 0 Å². The fraction of sp³-hybridized carbons (Fsp3) is 0.684. The van der Waals surface area contributed by atoms with Crippen LogP contribution < -0.4 is 5.73 Å².